The highest BCUT2D eigenvalue weighted by Gasteiger charge is 2.20. The molecule has 1 aliphatic rings. The lowest BCUT2D eigenvalue weighted by molar-refractivity contribution is -0.120. The maximum atomic E-state index is 11.5. The van der Waals surface area contributed by atoms with Crippen LogP contribution in [-0.4, -0.2) is 24.2 Å². The Morgan fingerprint density at radius 1 is 1.44 bits per heavy atom. The molecule has 0 unspecified atom stereocenters. The molecule has 0 atom stereocenters. The highest BCUT2D eigenvalue weighted by Crippen LogP contribution is 2.27. The predicted octanol–water partition coefficient (Wildman–Crippen LogP) is 1.33. The fourth-order valence-corrected chi connectivity index (χ4v) is 1.72. The average Bonchev–Trinajstić information content (AvgIpc) is 3.05. The zero-order chi connectivity index (χ0) is 12.3. The van der Waals surface area contributed by atoms with Crippen LogP contribution in [0.25, 0.3) is 0 Å². The van der Waals surface area contributed by atoms with Crippen LogP contribution in [0.1, 0.15) is 29.9 Å². The quantitative estimate of drug-likeness (QED) is 0.821. The third kappa shape index (κ3) is 4.31. The highest BCUT2D eigenvalue weighted by atomic mass is 35.5. The second kappa shape index (κ2) is 6.75. The summed E-state index contributed by atoms with van der Waals surface area (Å²) in [5, 5.41) is 9.86. The first kappa shape index (κ1) is 15.0. The van der Waals surface area contributed by atoms with E-state index in [9.17, 15) is 4.79 Å². The van der Waals surface area contributed by atoms with Crippen LogP contribution in [0.2, 0.25) is 0 Å². The number of rotatable bonds is 6. The first-order valence-electron chi connectivity index (χ1n) is 6.06. The van der Waals surface area contributed by atoms with Gasteiger partial charge in [-0.3, -0.25) is 4.79 Å². The highest BCUT2D eigenvalue weighted by molar-refractivity contribution is 5.85. The number of halogens is 1. The third-order valence-corrected chi connectivity index (χ3v) is 3.06. The number of carbonyl (C=O) groups is 1. The maximum Gasteiger partial charge on any atom is 0.234 e. The van der Waals surface area contributed by atoms with Gasteiger partial charge in [-0.2, -0.15) is 0 Å². The zero-order valence-corrected chi connectivity index (χ0v) is 11.6. The minimum atomic E-state index is 0. The molecule has 0 saturated heterocycles. The number of amides is 1. The fourth-order valence-electron chi connectivity index (χ4n) is 1.72. The summed E-state index contributed by atoms with van der Waals surface area (Å²) in [4.78, 5) is 11.5. The smallest absolute Gasteiger partial charge is 0.234 e. The van der Waals surface area contributed by atoms with Crippen LogP contribution in [-0.2, 0) is 11.3 Å². The number of nitrogens with zero attached hydrogens (tertiary/aromatic N) is 1. The molecule has 1 aliphatic carbocycles. The topological polar surface area (TPSA) is 67.2 Å². The summed E-state index contributed by atoms with van der Waals surface area (Å²) in [5.41, 5.74) is 1.81. The second-order valence-corrected chi connectivity index (χ2v) is 4.65. The van der Waals surface area contributed by atoms with E-state index in [-0.39, 0.29) is 18.3 Å². The Bertz CT molecular complexity index is 383. The van der Waals surface area contributed by atoms with Crippen molar-refractivity contribution in [2.45, 2.75) is 33.2 Å². The summed E-state index contributed by atoms with van der Waals surface area (Å²) in [7, 11) is 0. The molecule has 2 rings (SSSR count). The molecule has 2 N–H and O–H groups in total. The minimum absolute atomic E-state index is 0. The molecule has 1 aromatic heterocycles. The van der Waals surface area contributed by atoms with Crippen molar-refractivity contribution in [1.82, 2.24) is 15.8 Å². The molecule has 1 amide bonds. The Balaban J connectivity index is 0.00000162. The molecule has 1 aromatic rings. The van der Waals surface area contributed by atoms with Crippen molar-refractivity contribution >= 4 is 18.3 Å². The first-order valence-corrected chi connectivity index (χ1v) is 6.06. The van der Waals surface area contributed by atoms with Crippen LogP contribution in [0, 0.1) is 19.8 Å². The van der Waals surface area contributed by atoms with Gasteiger partial charge >= 0.3 is 0 Å². The molecule has 0 spiro atoms. The van der Waals surface area contributed by atoms with Crippen LogP contribution < -0.4 is 10.6 Å². The van der Waals surface area contributed by atoms with Gasteiger partial charge in [-0.25, -0.2) is 0 Å². The maximum absolute atomic E-state index is 11.5. The predicted molar refractivity (Wildman–Crippen MR) is 70.7 cm³/mol. The molecule has 1 heterocycles. The number of carbonyl (C=O) groups excluding carboxylic acids is 1. The van der Waals surface area contributed by atoms with Crippen molar-refractivity contribution in [3.05, 3.63) is 17.0 Å². The van der Waals surface area contributed by atoms with E-state index in [0.29, 0.717) is 13.1 Å². The molecular weight excluding hydrogens is 254 g/mol. The average molecular weight is 274 g/mol. The van der Waals surface area contributed by atoms with Gasteiger partial charge in [-0.15, -0.1) is 12.4 Å². The van der Waals surface area contributed by atoms with E-state index in [2.05, 4.69) is 15.8 Å². The molecule has 5 nitrogen and oxygen atoms in total. The van der Waals surface area contributed by atoms with Gasteiger partial charge in [0, 0.05) is 12.1 Å². The summed E-state index contributed by atoms with van der Waals surface area (Å²) < 4.78 is 5.03. The van der Waals surface area contributed by atoms with Crippen molar-refractivity contribution in [3.8, 4) is 0 Å². The molecular formula is C12H20ClN3O2. The first-order chi connectivity index (χ1) is 8.16. The summed E-state index contributed by atoms with van der Waals surface area (Å²) in [5.74, 6) is 1.59. The summed E-state index contributed by atoms with van der Waals surface area (Å²) in [6.45, 7) is 5.57. The van der Waals surface area contributed by atoms with Crippen molar-refractivity contribution < 1.29 is 9.32 Å². The van der Waals surface area contributed by atoms with Crippen molar-refractivity contribution in [2.24, 2.45) is 5.92 Å². The molecule has 0 bridgehead atoms. The lowest BCUT2D eigenvalue weighted by Crippen LogP contribution is -2.34. The Hall–Kier alpha value is -1.07. The SMILES string of the molecule is Cc1noc(C)c1CNC(=O)CNCC1CC1.Cl. The van der Waals surface area contributed by atoms with Crippen LogP contribution in [0.4, 0.5) is 0 Å². The van der Waals surface area contributed by atoms with Gasteiger partial charge in [0.2, 0.25) is 5.91 Å². The van der Waals surface area contributed by atoms with Gasteiger partial charge in [0.05, 0.1) is 12.2 Å². The fraction of sp³-hybridized carbons (Fsp3) is 0.667. The van der Waals surface area contributed by atoms with E-state index in [1.54, 1.807) is 0 Å². The molecule has 0 radical (unpaired) electrons. The van der Waals surface area contributed by atoms with Gasteiger partial charge in [-0.1, -0.05) is 5.16 Å². The molecule has 0 aliphatic heterocycles. The Morgan fingerprint density at radius 2 is 2.17 bits per heavy atom. The minimum Gasteiger partial charge on any atom is -0.361 e. The lowest BCUT2D eigenvalue weighted by Gasteiger charge is -2.05. The molecule has 102 valence electrons. The van der Waals surface area contributed by atoms with Crippen molar-refractivity contribution in [1.29, 1.82) is 0 Å². The largest absolute Gasteiger partial charge is 0.361 e. The lowest BCUT2D eigenvalue weighted by atomic mass is 10.2. The number of hydrogen-bond donors (Lipinski definition) is 2. The molecule has 1 saturated carbocycles. The monoisotopic (exact) mass is 273 g/mol. The van der Waals surface area contributed by atoms with Crippen LogP contribution >= 0.6 is 12.4 Å². The van der Waals surface area contributed by atoms with E-state index in [4.69, 9.17) is 4.52 Å². The molecule has 1 fully saturated rings. The number of aromatic nitrogens is 1. The van der Waals surface area contributed by atoms with E-state index in [0.717, 1.165) is 29.5 Å². The van der Waals surface area contributed by atoms with E-state index >= 15 is 0 Å². The zero-order valence-electron chi connectivity index (χ0n) is 10.8. The van der Waals surface area contributed by atoms with Crippen LogP contribution in [0.5, 0.6) is 0 Å². The third-order valence-electron chi connectivity index (χ3n) is 3.06. The molecule has 0 aromatic carbocycles. The molecule has 18 heavy (non-hydrogen) atoms. The van der Waals surface area contributed by atoms with E-state index < -0.39 is 0 Å². The van der Waals surface area contributed by atoms with Crippen LogP contribution in [0.3, 0.4) is 0 Å². The normalized spacial score (nSPS) is 14.1. The number of hydrogen-bond acceptors (Lipinski definition) is 4. The molecule has 6 heteroatoms. The number of nitrogens with one attached hydrogen (secondary N) is 2. The van der Waals surface area contributed by atoms with Crippen molar-refractivity contribution in [3.63, 3.8) is 0 Å². The summed E-state index contributed by atoms with van der Waals surface area (Å²) in [6, 6.07) is 0. The Kier molecular flexibility index (Phi) is 5.62. The number of aryl methyl sites for hydroxylation is 2. The van der Waals surface area contributed by atoms with Gasteiger partial charge < -0.3 is 15.2 Å². The standard InChI is InChI=1S/C12H19N3O2.ClH/c1-8-11(9(2)17-15-8)6-14-12(16)7-13-5-10-3-4-10;/h10,13H,3-7H2,1-2H3,(H,14,16);1H. The van der Waals surface area contributed by atoms with Crippen LogP contribution in [0.15, 0.2) is 4.52 Å². The van der Waals surface area contributed by atoms with E-state index in [1.807, 2.05) is 13.8 Å². The Morgan fingerprint density at radius 3 is 2.72 bits per heavy atom. The van der Waals surface area contributed by atoms with Gasteiger partial charge in [-0.05, 0) is 39.2 Å². The van der Waals surface area contributed by atoms with Gasteiger partial charge in [0.25, 0.3) is 0 Å². The summed E-state index contributed by atoms with van der Waals surface area (Å²) in [6.07, 6.45) is 2.60. The van der Waals surface area contributed by atoms with Gasteiger partial charge in [0.15, 0.2) is 0 Å². The Labute approximate surface area is 113 Å². The second-order valence-electron chi connectivity index (χ2n) is 4.65. The van der Waals surface area contributed by atoms with Gasteiger partial charge in [0.1, 0.15) is 5.76 Å². The summed E-state index contributed by atoms with van der Waals surface area (Å²) >= 11 is 0. The van der Waals surface area contributed by atoms with E-state index in [1.165, 1.54) is 12.8 Å². The van der Waals surface area contributed by atoms with Crippen molar-refractivity contribution in [2.75, 3.05) is 13.1 Å².